The van der Waals surface area contributed by atoms with Gasteiger partial charge in [0, 0.05) is 0 Å². The first-order chi connectivity index (χ1) is 21.1. The van der Waals surface area contributed by atoms with Crippen molar-refractivity contribution in [2.24, 2.45) is 5.92 Å². The second-order valence-corrected chi connectivity index (χ2v) is 12.6. The van der Waals surface area contributed by atoms with Crippen molar-refractivity contribution in [2.75, 3.05) is 13.2 Å². The van der Waals surface area contributed by atoms with E-state index in [1.807, 2.05) is 12.1 Å². The third-order valence-corrected chi connectivity index (χ3v) is 8.58. The summed E-state index contributed by atoms with van der Waals surface area (Å²) in [5, 5.41) is 2.47. The molecule has 0 spiro atoms. The first-order valence-corrected chi connectivity index (χ1v) is 17.5. The maximum absolute atomic E-state index is 12.5. The number of hydrogen-bond acceptors (Lipinski definition) is 3. The van der Waals surface area contributed by atoms with Crippen molar-refractivity contribution in [1.82, 2.24) is 0 Å². The molecule has 43 heavy (non-hydrogen) atoms. The van der Waals surface area contributed by atoms with E-state index in [-0.39, 0.29) is 5.97 Å². The number of ether oxygens (including phenoxy) is 2. The van der Waals surface area contributed by atoms with Gasteiger partial charge in [0.05, 0.1) is 18.8 Å². The van der Waals surface area contributed by atoms with Gasteiger partial charge in [0.15, 0.2) is 0 Å². The number of fused-ring (bicyclic) bond motifs is 1. The minimum atomic E-state index is -0.211. The van der Waals surface area contributed by atoms with Crippen LogP contribution in [0.25, 0.3) is 10.8 Å². The molecule has 3 aromatic rings. The minimum absolute atomic E-state index is 0.211. The van der Waals surface area contributed by atoms with Crippen LogP contribution in [0.5, 0.6) is 5.75 Å². The number of carbonyl (C=O) groups is 1. The molecule has 3 heteroatoms. The predicted molar refractivity (Wildman–Crippen MR) is 183 cm³/mol. The first-order valence-electron chi connectivity index (χ1n) is 17.5. The SMILES string of the molecule is CCCCCCCCCCOc1ccc2cc(CCc3ccc(C(=O)OC[C@H](C)CCCCCCCC)cc3)ccc2c1. The summed E-state index contributed by atoms with van der Waals surface area (Å²) in [6.45, 7) is 8.00. The Morgan fingerprint density at radius 3 is 1.88 bits per heavy atom. The fraction of sp³-hybridized carbons (Fsp3) is 0.575. The van der Waals surface area contributed by atoms with Crippen molar-refractivity contribution in [3.63, 3.8) is 0 Å². The number of unbranched alkanes of at least 4 members (excludes halogenated alkanes) is 12. The topological polar surface area (TPSA) is 35.5 Å². The summed E-state index contributed by atoms with van der Waals surface area (Å²) in [7, 11) is 0. The molecule has 3 nitrogen and oxygen atoms in total. The third kappa shape index (κ3) is 14.0. The van der Waals surface area contributed by atoms with Gasteiger partial charge in [-0.25, -0.2) is 4.79 Å². The van der Waals surface area contributed by atoms with Crippen LogP contribution in [0.15, 0.2) is 60.7 Å². The molecular weight excluding hydrogens is 528 g/mol. The minimum Gasteiger partial charge on any atom is -0.494 e. The molecule has 3 rings (SSSR count). The number of carbonyl (C=O) groups excluding carboxylic acids is 1. The van der Waals surface area contributed by atoms with Crippen LogP contribution in [-0.2, 0) is 17.6 Å². The average molecular weight is 587 g/mol. The zero-order valence-corrected chi connectivity index (χ0v) is 27.5. The number of hydrogen-bond donors (Lipinski definition) is 0. The van der Waals surface area contributed by atoms with Gasteiger partial charge in [-0.05, 0) is 77.8 Å². The molecule has 0 aromatic heterocycles. The second kappa shape index (κ2) is 21.0. The molecule has 0 saturated heterocycles. The molecule has 0 radical (unpaired) electrons. The molecular formula is C40H58O3. The molecule has 236 valence electrons. The second-order valence-electron chi connectivity index (χ2n) is 12.6. The first kappa shape index (κ1) is 34.7. The fourth-order valence-electron chi connectivity index (χ4n) is 5.70. The molecule has 0 saturated carbocycles. The van der Waals surface area contributed by atoms with Crippen LogP contribution in [0.1, 0.15) is 139 Å². The molecule has 3 aromatic carbocycles. The monoisotopic (exact) mass is 586 g/mol. The maximum atomic E-state index is 12.5. The van der Waals surface area contributed by atoms with Gasteiger partial charge in [-0.2, -0.15) is 0 Å². The van der Waals surface area contributed by atoms with Crippen LogP contribution in [0, 0.1) is 5.92 Å². The Labute approximate surface area is 262 Å². The Balaban J connectivity index is 1.34. The zero-order chi connectivity index (χ0) is 30.5. The van der Waals surface area contributed by atoms with Crippen LogP contribution in [0.3, 0.4) is 0 Å². The van der Waals surface area contributed by atoms with E-state index in [9.17, 15) is 4.79 Å². The molecule has 0 aliphatic heterocycles. The largest absolute Gasteiger partial charge is 0.494 e. The average Bonchev–Trinajstić information content (AvgIpc) is 3.03. The fourth-order valence-corrected chi connectivity index (χ4v) is 5.70. The molecule has 0 aliphatic carbocycles. The van der Waals surface area contributed by atoms with Crippen molar-refractivity contribution in [1.29, 1.82) is 0 Å². The van der Waals surface area contributed by atoms with Crippen LogP contribution >= 0.6 is 0 Å². The summed E-state index contributed by atoms with van der Waals surface area (Å²) in [6, 6.07) is 21.1. The van der Waals surface area contributed by atoms with Crippen LogP contribution in [-0.4, -0.2) is 19.2 Å². The van der Waals surface area contributed by atoms with Gasteiger partial charge in [0.25, 0.3) is 0 Å². The Morgan fingerprint density at radius 1 is 0.628 bits per heavy atom. The maximum Gasteiger partial charge on any atom is 0.338 e. The van der Waals surface area contributed by atoms with Gasteiger partial charge in [-0.3, -0.25) is 0 Å². The molecule has 0 amide bonds. The number of benzene rings is 3. The number of aryl methyl sites for hydroxylation is 2. The van der Waals surface area contributed by atoms with Crippen molar-refractivity contribution in [3.8, 4) is 5.75 Å². The molecule has 0 bridgehead atoms. The lowest BCUT2D eigenvalue weighted by Crippen LogP contribution is -2.12. The molecule has 0 unspecified atom stereocenters. The standard InChI is InChI=1S/C40H58O3/c1-4-6-8-10-12-13-15-17-29-42-39-28-27-37-30-35(23-26-38(37)31-39)20-19-34-21-24-36(25-22-34)40(41)43-32-33(3)18-16-14-11-9-7-5-2/h21-28,30-31,33H,4-20,29,32H2,1-3H3/t33-/m1/s1. The Morgan fingerprint density at radius 2 is 1.19 bits per heavy atom. The summed E-state index contributed by atoms with van der Waals surface area (Å²) in [6.07, 6.45) is 21.4. The summed E-state index contributed by atoms with van der Waals surface area (Å²) < 4.78 is 11.7. The predicted octanol–water partition coefficient (Wildman–Crippen LogP) is 11.7. The lowest BCUT2D eigenvalue weighted by atomic mass is 10.0. The van der Waals surface area contributed by atoms with E-state index in [2.05, 4.69) is 69.3 Å². The third-order valence-electron chi connectivity index (χ3n) is 8.58. The molecule has 0 N–H and O–H groups in total. The van der Waals surface area contributed by atoms with Crippen molar-refractivity contribution < 1.29 is 14.3 Å². The summed E-state index contributed by atoms with van der Waals surface area (Å²) in [5.41, 5.74) is 3.20. The van der Waals surface area contributed by atoms with E-state index in [0.29, 0.717) is 18.1 Å². The highest BCUT2D eigenvalue weighted by molar-refractivity contribution is 5.89. The van der Waals surface area contributed by atoms with Crippen molar-refractivity contribution in [3.05, 3.63) is 77.4 Å². The molecule has 0 fully saturated rings. The van der Waals surface area contributed by atoms with Gasteiger partial charge in [0.2, 0.25) is 0 Å². The number of esters is 1. The van der Waals surface area contributed by atoms with E-state index >= 15 is 0 Å². The normalized spacial score (nSPS) is 12.0. The molecule has 0 heterocycles. The molecule has 1 atom stereocenters. The van der Waals surface area contributed by atoms with Crippen LogP contribution in [0.2, 0.25) is 0 Å². The molecule has 0 aliphatic rings. The zero-order valence-electron chi connectivity index (χ0n) is 27.5. The van der Waals surface area contributed by atoms with Crippen LogP contribution in [0.4, 0.5) is 0 Å². The van der Waals surface area contributed by atoms with E-state index in [1.165, 1.54) is 105 Å². The summed E-state index contributed by atoms with van der Waals surface area (Å²) in [4.78, 5) is 12.5. The van der Waals surface area contributed by atoms with Gasteiger partial charge in [-0.15, -0.1) is 0 Å². The van der Waals surface area contributed by atoms with Crippen molar-refractivity contribution in [2.45, 2.75) is 130 Å². The Bertz CT molecular complexity index is 1170. The lowest BCUT2D eigenvalue weighted by Gasteiger charge is -2.12. The van der Waals surface area contributed by atoms with E-state index in [0.717, 1.165) is 38.0 Å². The van der Waals surface area contributed by atoms with E-state index in [4.69, 9.17) is 9.47 Å². The Hall–Kier alpha value is -2.81. The summed E-state index contributed by atoms with van der Waals surface area (Å²) >= 11 is 0. The smallest absolute Gasteiger partial charge is 0.338 e. The van der Waals surface area contributed by atoms with Gasteiger partial charge >= 0.3 is 5.97 Å². The van der Waals surface area contributed by atoms with E-state index in [1.54, 1.807) is 0 Å². The highest BCUT2D eigenvalue weighted by Crippen LogP contribution is 2.23. The summed E-state index contributed by atoms with van der Waals surface area (Å²) in [5.74, 6) is 1.17. The highest BCUT2D eigenvalue weighted by atomic mass is 16.5. The quantitative estimate of drug-likeness (QED) is 0.0819. The number of rotatable bonds is 23. The van der Waals surface area contributed by atoms with Gasteiger partial charge < -0.3 is 9.47 Å². The van der Waals surface area contributed by atoms with Gasteiger partial charge in [-0.1, -0.05) is 141 Å². The lowest BCUT2D eigenvalue weighted by molar-refractivity contribution is 0.0442. The van der Waals surface area contributed by atoms with Crippen molar-refractivity contribution >= 4 is 16.7 Å². The van der Waals surface area contributed by atoms with Crippen LogP contribution < -0.4 is 4.74 Å². The highest BCUT2D eigenvalue weighted by Gasteiger charge is 2.10. The van der Waals surface area contributed by atoms with E-state index < -0.39 is 0 Å². The Kier molecular flexibility index (Phi) is 16.9. The van der Waals surface area contributed by atoms with Gasteiger partial charge in [0.1, 0.15) is 5.75 Å².